The molecule has 0 radical (unpaired) electrons. The Labute approximate surface area is 211 Å². The van der Waals surface area contributed by atoms with Gasteiger partial charge in [0.1, 0.15) is 4.90 Å². The van der Waals surface area contributed by atoms with Crippen molar-refractivity contribution in [2.75, 3.05) is 13.1 Å². The number of nitrogens with zero attached hydrogens (tertiary/aromatic N) is 1. The maximum atomic E-state index is 13.7. The van der Waals surface area contributed by atoms with Crippen molar-refractivity contribution in [2.45, 2.75) is 55.8 Å². The summed E-state index contributed by atoms with van der Waals surface area (Å²) in [4.78, 5) is 12.2. The van der Waals surface area contributed by atoms with E-state index in [-0.39, 0.29) is 29.4 Å². The molecule has 6 nitrogen and oxygen atoms in total. The van der Waals surface area contributed by atoms with Gasteiger partial charge in [0.15, 0.2) is 5.75 Å². The molecule has 0 bridgehead atoms. The summed E-state index contributed by atoms with van der Waals surface area (Å²) in [5.41, 5.74) is 1.67. The first-order chi connectivity index (χ1) is 16.6. The Morgan fingerprint density at radius 2 is 1.83 bits per heavy atom. The van der Waals surface area contributed by atoms with Gasteiger partial charge in [-0.15, -0.1) is 13.2 Å². The van der Waals surface area contributed by atoms with Gasteiger partial charge in [0.25, 0.3) is 0 Å². The zero-order chi connectivity index (χ0) is 25.2. The van der Waals surface area contributed by atoms with Crippen molar-refractivity contribution < 1.29 is 31.1 Å². The highest BCUT2D eigenvalue weighted by Crippen LogP contribution is 2.39. The number of rotatable bonds is 6. The van der Waals surface area contributed by atoms with Gasteiger partial charge in [0.2, 0.25) is 15.9 Å². The summed E-state index contributed by atoms with van der Waals surface area (Å²) in [5.74, 6) is -1.03. The molecule has 2 aromatic carbocycles. The first-order valence-electron chi connectivity index (χ1n) is 11.5. The highest BCUT2D eigenvalue weighted by molar-refractivity contribution is 9.10. The molecule has 0 unspecified atom stereocenters. The predicted octanol–water partition coefficient (Wildman–Crippen LogP) is 5.33. The third-order valence-corrected chi connectivity index (χ3v) is 8.97. The fourth-order valence-corrected chi connectivity index (χ4v) is 6.90. The Balaban J connectivity index is 1.67. The summed E-state index contributed by atoms with van der Waals surface area (Å²) in [6.45, 7) is 0.0857. The Morgan fingerprint density at radius 3 is 2.54 bits per heavy atom. The summed E-state index contributed by atoms with van der Waals surface area (Å²) in [5, 5.41) is 2.91. The molecule has 35 heavy (non-hydrogen) atoms. The summed E-state index contributed by atoms with van der Waals surface area (Å²) in [6.07, 6.45) is -0.00616. The lowest BCUT2D eigenvalue weighted by Crippen LogP contribution is -2.46. The average Bonchev–Trinajstić information content (AvgIpc) is 2.81. The van der Waals surface area contributed by atoms with Crippen LogP contribution in [-0.2, 0) is 21.2 Å². The van der Waals surface area contributed by atoms with E-state index in [1.807, 2.05) is 12.1 Å². The number of hydrogen-bond acceptors (Lipinski definition) is 4. The second-order valence-electron chi connectivity index (χ2n) is 8.80. The molecule has 190 valence electrons. The number of ether oxygens (including phenoxy) is 1. The quantitative estimate of drug-likeness (QED) is 0.506. The van der Waals surface area contributed by atoms with Crippen LogP contribution in [0.15, 0.2) is 51.8 Å². The fourth-order valence-electron chi connectivity index (χ4n) is 4.86. The zero-order valence-corrected chi connectivity index (χ0v) is 21.3. The van der Waals surface area contributed by atoms with Gasteiger partial charge in [-0.2, -0.15) is 4.31 Å². The largest absolute Gasteiger partial charge is 0.573 e. The summed E-state index contributed by atoms with van der Waals surface area (Å²) < 4.78 is 72.1. The third kappa shape index (κ3) is 6.00. The lowest BCUT2D eigenvalue weighted by molar-refractivity contribution is -0.275. The monoisotopic (exact) mass is 574 g/mol. The number of halogens is 4. The predicted molar refractivity (Wildman–Crippen MR) is 127 cm³/mol. The van der Waals surface area contributed by atoms with Crippen molar-refractivity contribution in [2.24, 2.45) is 5.92 Å². The number of nitrogens with one attached hydrogen (secondary N) is 1. The maximum absolute atomic E-state index is 13.7. The van der Waals surface area contributed by atoms with Crippen LogP contribution in [0.1, 0.15) is 49.3 Å². The van der Waals surface area contributed by atoms with Gasteiger partial charge >= 0.3 is 6.36 Å². The Hall–Kier alpha value is -2.11. The van der Waals surface area contributed by atoms with Crippen LogP contribution < -0.4 is 10.1 Å². The molecule has 1 amide bonds. The fraction of sp³-hybridized carbons (Fsp3) is 0.458. The van der Waals surface area contributed by atoms with E-state index in [9.17, 15) is 26.4 Å². The number of fused-ring (bicyclic) bond motifs is 1. The van der Waals surface area contributed by atoms with Gasteiger partial charge < -0.3 is 10.1 Å². The molecular weight excluding hydrogens is 549 g/mol. The van der Waals surface area contributed by atoms with E-state index >= 15 is 0 Å². The molecule has 1 N–H and O–H groups in total. The molecule has 1 aliphatic carbocycles. The molecule has 0 aromatic heterocycles. The van der Waals surface area contributed by atoms with Crippen LogP contribution in [0.3, 0.4) is 0 Å². The molecule has 1 fully saturated rings. The molecule has 4 rings (SSSR count). The van der Waals surface area contributed by atoms with Gasteiger partial charge in [-0.3, -0.25) is 4.79 Å². The van der Waals surface area contributed by atoms with Crippen molar-refractivity contribution in [3.05, 3.63) is 58.1 Å². The van der Waals surface area contributed by atoms with Gasteiger partial charge in [0, 0.05) is 23.5 Å². The summed E-state index contributed by atoms with van der Waals surface area (Å²) >= 11 is 3.08. The van der Waals surface area contributed by atoms with Crippen LogP contribution in [-0.4, -0.2) is 38.1 Å². The molecular formula is C24H26BrF3N2O4S. The summed E-state index contributed by atoms with van der Waals surface area (Å²) in [6, 6.07) is 9.99. The molecule has 0 spiro atoms. The molecule has 2 aliphatic rings. The molecule has 1 saturated carbocycles. The lowest BCUT2D eigenvalue weighted by Gasteiger charge is -2.37. The number of alkyl halides is 3. The number of carbonyl (C=O) groups is 1. The number of amides is 1. The minimum atomic E-state index is -5.06. The Bertz CT molecular complexity index is 1180. The second-order valence-corrected chi connectivity index (χ2v) is 11.6. The zero-order valence-electron chi connectivity index (χ0n) is 18.9. The smallest absolute Gasteiger partial charge is 0.404 e. The summed E-state index contributed by atoms with van der Waals surface area (Å²) in [7, 11) is -4.41. The van der Waals surface area contributed by atoms with Gasteiger partial charge in [-0.1, -0.05) is 59.5 Å². The van der Waals surface area contributed by atoms with Gasteiger partial charge in [0.05, 0.1) is 6.04 Å². The first kappa shape index (κ1) is 26.0. The molecule has 11 heteroatoms. The van der Waals surface area contributed by atoms with E-state index in [0.29, 0.717) is 6.42 Å². The number of benzene rings is 2. The highest BCUT2D eigenvalue weighted by atomic mass is 79.9. The van der Waals surface area contributed by atoms with Crippen LogP contribution in [0.4, 0.5) is 13.2 Å². The van der Waals surface area contributed by atoms with E-state index in [2.05, 4.69) is 26.0 Å². The molecule has 1 heterocycles. The van der Waals surface area contributed by atoms with E-state index in [1.54, 1.807) is 12.1 Å². The molecule has 1 aliphatic heterocycles. The van der Waals surface area contributed by atoms with Gasteiger partial charge in [-0.05, 0) is 48.6 Å². The minimum absolute atomic E-state index is 0.0254. The van der Waals surface area contributed by atoms with Crippen LogP contribution >= 0.6 is 15.9 Å². The topological polar surface area (TPSA) is 75.7 Å². The normalized spacial score (nSPS) is 19.7. The van der Waals surface area contributed by atoms with Crippen molar-refractivity contribution >= 4 is 31.9 Å². The van der Waals surface area contributed by atoms with E-state index < -0.39 is 33.1 Å². The Morgan fingerprint density at radius 1 is 1.11 bits per heavy atom. The standard InChI is InChI=1S/C24H26BrF3N2O4S/c25-18-10-11-22(21(14-18)34-24(26,27)28)35(32,33)30-13-12-16-6-4-5-9-19(16)20(30)15-29-23(31)17-7-2-1-3-8-17/h4-6,9-11,14,17,20H,1-3,7-8,12-13,15H2,(H,29,31)/t20-/m0/s1. The van der Waals surface area contributed by atoms with Crippen molar-refractivity contribution in [3.63, 3.8) is 0 Å². The van der Waals surface area contributed by atoms with Gasteiger partial charge in [-0.25, -0.2) is 8.42 Å². The number of carbonyl (C=O) groups excluding carboxylic acids is 1. The van der Waals surface area contributed by atoms with Crippen LogP contribution in [0.25, 0.3) is 0 Å². The third-order valence-electron chi connectivity index (χ3n) is 6.53. The molecule has 0 saturated heterocycles. The molecule has 2 aromatic rings. The molecule has 1 atom stereocenters. The minimum Gasteiger partial charge on any atom is -0.404 e. The Kier molecular flexibility index (Phi) is 7.77. The van der Waals surface area contributed by atoms with Crippen molar-refractivity contribution in [3.8, 4) is 5.75 Å². The van der Waals surface area contributed by atoms with Crippen LogP contribution in [0.2, 0.25) is 0 Å². The van der Waals surface area contributed by atoms with Crippen molar-refractivity contribution in [1.29, 1.82) is 0 Å². The van der Waals surface area contributed by atoms with Crippen molar-refractivity contribution in [1.82, 2.24) is 9.62 Å². The average molecular weight is 575 g/mol. The van der Waals surface area contributed by atoms with E-state index in [4.69, 9.17) is 0 Å². The first-order valence-corrected chi connectivity index (χ1v) is 13.7. The highest BCUT2D eigenvalue weighted by Gasteiger charge is 2.40. The van der Waals surface area contributed by atoms with E-state index in [1.165, 1.54) is 10.4 Å². The van der Waals surface area contributed by atoms with Crippen LogP contribution in [0, 0.1) is 5.92 Å². The lowest BCUT2D eigenvalue weighted by atomic mass is 9.88. The number of sulfonamides is 1. The van der Waals surface area contributed by atoms with E-state index in [0.717, 1.165) is 55.4 Å². The maximum Gasteiger partial charge on any atom is 0.573 e. The number of hydrogen-bond donors (Lipinski definition) is 1. The van der Waals surface area contributed by atoms with Crippen LogP contribution in [0.5, 0.6) is 5.75 Å². The second kappa shape index (κ2) is 10.5. The SMILES string of the molecule is O=C(NC[C@H]1c2ccccc2CCN1S(=O)(=O)c1ccc(Br)cc1OC(F)(F)F)C1CCCCC1.